The number of nitrogens with two attached hydrogens (primary N) is 1. The Morgan fingerprint density at radius 3 is 2.71 bits per heavy atom. The molecule has 1 aromatic rings. The summed E-state index contributed by atoms with van der Waals surface area (Å²) >= 11 is 0. The number of esters is 1. The van der Waals surface area contributed by atoms with Crippen molar-refractivity contribution in [3.63, 3.8) is 0 Å². The van der Waals surface area contributed by atoms with Crippen LogP contribution in [0.1, 0.15) is 15.9 Å². The molecule has 21 heavy (non-hydrogen) atoms. The normalized spacial score (nSPS) is 11.1. The first-order chi connectivity index (χ1) is 10.1. The van der Waals surface area contributed by atoms with E-state index in [0.717, 1.165) is 5.56 Å². The van der Waals surface area contributed by atoms with Crippen LogP contribution >= 0.6 is 0 Å². The minimum absolute atomic E-state index is 0.322. The number of hydrogen-bond donors (Lipinski definition) is 2. The van der Waals surface area contributed by atoms with E-state index in [0.29, 0.717) is 37.0 Å². The Morgan fingerprint density at radius 1 is 1.33 bits per heavy atom. The molecule has 0 aromatic heterocycles. The summed E-state index contributed by atoms with van der Waals surface area (Å²) in [5.74, 6) is 0.326. The Balaban J connectivity index is 2.75. The second-order valence-electron chi connectivity index (χ2n) is 4.15. The van der Waals surface area contributed by atoms with Crippen LogP contribution in [0.5, 0.6) is 5.75 Å². The monoisotopic (exact) mass is 295 g/mol. The molecule has 116 valence electrons. The molecule has 1 rings (SSSR count). The summed E-state index contributed by atoms with van der Waals surface area (Å²) in [4.78, 5) is 15.9. The standard InChI is InChI=1S/C14H21N3O4/c1-19-7-6-16-14(15)17-9-10-4-5-12(20-2)11(8-10)13(18)21-3/h4-5,8H,6-7,9H2,1-3H3,(H3,15,16,17). The van der Waals surface area contributed by atoms with E-state index in [4.69, 9.17) is 19.9 Å². The van der Waals surface area contributed by atoms with Gasteiger partial charge in [0.15, 0.2) is 5.96 Å². The van der Waals surface area contributed by atoms with Crippen molar-refractivity contribution in [1.82, 2.24) is 5.32 Å². The molecular formula is C14H21N3O4. The number of nitrogens with zero attached hydrogens (tertiary/aromatic N) is 1. The summed E-state index contributed by atoms with van der Waals surface area (Å²) in [6.45, 7) is 1.48. The van der Waals surface area contributed by atoms with Crippen molar-refractivity contribution in [3.05, 3.63) is 29.3 Å². The third-order valence-electron chi connectivity index (χ3n) is 2.71. The third kappa shape index (κ3) is 5.31. The van der Waals surface area contributed by atoms with Crippen LogP contribution in [0.4, 0.5) is 0 Å². The Bertz CT molecular complexity index is 503. The molecule has 0 aliphatic carbocycles. The van der Waals surface area contributed by atoms with Crippen molar-refractivity contribution in [2.75, 3.05) is 34.5 Å². The number of aliphatic imine (C=N–C) groups is 1. The Hall–Kier alpha value is -2.28. The number of nitrogens with one attached hydrogen (secondary N) is 1. The number of ether oxygens (including phenoxy) is 3. The van der Waals surface area contributed by atoms with Gasteiger partial charge in [-0.2, -0.15) is 0 Å². The van der Waals surface area contributed by atoms with Crippen LogP contribution in [0, 0.1) is 0 Å². The van der Waals surface area contributed by atoms with Gasteiger partial charge in [-0.1, -0.05) is 6.07 Å². The van der Waals surface area contributed by atoms with E-state index >= 15 is 0 Å². The van der Waals surface area contributed by atoms with Crippen LogP contribution in [-0.2, 0) is 16.0 Å². The number of carbonyl (C=O) groups excluding carboxylic acids is 1. The summed E-state index contributed by atoms with van der Waals surface area (Å²) in [5.41, 5.74) is 6.90. The molecule has 0 heterocycles. The van der Waals surface area contributed by atoms with Gasteiger partial charge in [0, 0.05) is 13.7 Å². The van der Waals surface area contributed by atoms with E-state index in [-0.39, 0.29) is 0 Å². The summed E-state index contributed by atoms with van der Waals surface area (Å²) < 4.78 is 14.7. The molecule has 7 nitrogen and oxygen atoms in total. The van der Waals surface area contributed by atoms with Crippen LogP contribution in [0.2, 0.25) is 0 Å². The lowest BCUT2D eigenvalue weighted by Gasteiger charge is -2.09. The summed E-state index contributed by atoms with van der Waals surface area (Å²) in [6.07, 6.45) is 0. The lowest BCUT2D eigenvalue weighted by molar-refractivity contribution is 0.0597. The number of carbonyl (C=O) groups is 1. The highest BCUT2D eigenvalue weighted by Gasteiger charge is 2.13. The van der Waals surface area contributed by atoms with E-state index in [9.17, 15) is 4.79 Å². The maximum absolute atomic E-state index is 11.7. The molecule has 0 amide bonds. The van der Waals surface area contributed by atoms with Crippen LogP contribution in [0.3, 0.4) is 0 Å². The first kappa shape index (κ1) is 16.8. The highest BCUT2D eigenvalue weighted by molar-refractivity contribution is 5.92. The van der Waals surface area contributed by atoms with Gasteiger partial charge < -0.3 is 25.3 Å². The molecule has 0 aliphatic rings. The average Bonchev–Trinajstić information content (AvgIpc) is 2.52. The lowest BCUT2D eigenvalue weighted by atomic mass is 10.1. The van der Waals surface area contributed by atoms with Crippen LogP contribution in [0.15, 0.2) is 23.2 Å². The second kappa shape index (κ2) is 8.80. The molecule has 0 unspecified atom stereocenters. The average molecular weight is 295 g/mol. The Morgan fingerprint density at radius 2 is 2.10 bits per heavy atom. The van der Waals surface area contributed by atoms with Crippen LogP contribution in [-0.4, -0.2) is 46.4 Å². The van der Waals surface area contributed by atoms with Crippen molar-refractivity contribution in [2.24, 2.45) is 10.7 Å². The van der Waals surface area contributed by atoms with E-state index in [2.05, 4.69) is 10.3 Å². The highest BCUT2D eigenvalue weighted by Crippen LogP contribution is 2.21. The smallest absolute Gasteiger partial charge is 0.341 e. The third-order valence-corrected chi connectivity index (χ3v) is 2.71. The Labute approximate surface area is 124 Å². The highest BCUT2D eigenvalue weighted by atomic mass is 16.5. The van der Waals surface area contributed by atoms with E-state index in [1.807, 2.05) is 6.07 Å². The first-order valence-electron chi connectivity index (χ1n) is 6.40. The molecule has 7 heteroatoms. The van der Waals surface area contributed by atoms with Gasteiger partial charge >= 0.3 is 5.97 Å². The van der Waals surface area contributed by atoms with Crippen molar-refractivity contribution in [3.8, 4) is 5.75 Å². The predicted molar refractivity (Wildman–Crippen MR) is 79.5 cm³/mol. The first-order valence-corrected chi connectivity index (χ1v) is 6.40. The number of methoxy groups -OCH3 is 3. The van der Waals surface area contributed by atoms with Gasteiger partial charge in [-0.25, -0.2) is 9.79 Å². The molecular weight excluding hydrogens is 274 g/mol. The van der Waals surface area contributed by atoms with Crippen LogP contribution in [0.25, 0.3) is 0 Å². The predicted octanol–water partition coefficient (Wildman–Crippen LogP) is 0.533. The van der Waals surface area contributed by atoms with Crippen molar-refractivity contribution in [1.29, 1.82) is 0 Å². The SMILES string of the molecule is COCCNC(N)=NCc1ccc(OC)c(C(=O)OC)c1. The molecule has 0 atom stereocenters. The zero-order valence-electron chi connectivity index (χ0n) is 12.5. The number of benzene rings is 1. The summed E-state index contributed by atoms with van der Waals surface area (Å²) in [7, 11) is 4.43. The number of guanidine groups is 1. The molecule has 0 spiro atoms. The topological polar surface area (TPSA) is 95.2 Å². The van der Waals surface area contributed by atoms with Crippen molar-refractivity contribution < 1.29 is 19.0 Å². The maximum atomic E-state index is 11.7. The molecule has 0 radical (unpaired) electrons. The van der Waals surface area contributed by atoms with Gasteiger partial charge in [0.25, 0.3) is 0 Å². The summed E-state index contributed by atoms with van der Waals surface area (Å²) in [6, 6.07) is 5.19. The molecule has 0 saturated carbocycles. The van der Waals surface area contributed by atoms with E-state index < -0.39 is 5.97 Å². The molecule has 0 aliphatic heterocycles. The molecule has 0 bridgehead atoms. The van der Waals surface area contributed by atoms with Crippen molar-refractivity contribution >= 4 is 11.9 Å². The van der Waals surface area contributed by atoms with Gasteiger partial charge in [0.1, 0.15) is 11.3 Å². The van der Waals surface area contributed by atoms with Crippen molar-refractivity contribution in [2.45, 2.75) is 6.54 Å². The molecule has 3 N–H and O–H groups in total. The van der Waals surface area contributed by atoms with Gasteiger partial charge in [0.2, 0.25) is 0 Å². The van der Waals surface area contributed by atoms with Gasteiger partial charge in [0.05, 0.1) is 27.4 Å². The Kier molecular flexibility index (Phi) is 7.03. The lowest BCUT2D eigenvalue weighted by Crippen LogP contribution is -2.34. The fourth-order valence-corrected chi connectivity index (χ4v) is 1.64. The van der Waals surface area contributed by atoms with Gasteiger partial charge in [-0.3, -0.25) is 0 Å². The number of hydrogen-bond acceptors (Lipinski definition) is 5. The molecule has 0 saturated heterocycles. The van der Waals surface area contributed by atoms with E-state index in [1.165, 1.54) is 14.2 Å². The zero-order valence-corrected chi connectivity index (χ0v) is 12.5. The minimum Gasteiger partial charge on any atom is -0.496 e. The largest absolute Gasteiger partial charge is 0.496 e. The number of rotatable bonds is 7. The quantitative estimate of drug-likeness (QED) is 0.330. The van der Waals surface area contributed by atoms with Gasteiger partial charge in [-0.05, 0) is 17.7 Å². The minimum atomic E-state index is -0.455. The fourth-order valence-electron chi connectivity index (χ4n) is 1.64. The fraction of sp³-hybridized carbons (Fsp3) is 0.429. The zero-order chi connectivity index (χ0) is 15.7. The summed E-state index contributed by atoms with van der Waals surface area (Å²) in [5, 5.41) is 2.91. The molecule has 1 aromatic carbocycles. The van der Waals surface area contributed by atoms with E-state index in [1.54, 1.807) is 19.2 Å². The maximum Gasteiger partial charge on any atom is 0.341 e. The molecule has 0 fully saturated rings. The second-order valence-corrected chi connectivity index (χ2v) is 4.15. The van der Waals surface area contributed by atoms with Crippen LogP contribution < -0.4 is 15.8 Å². The van der Waals surface area contributed by atoms with Gasteiger partial charge in [-0.15, -0.1) is 0 Å².